The van der Waals surface area contributed by atoms with E-state index in [2.05, 4.69) is 20.9 Å². The molecule has 1 aromatic rings. The Bertz CT molecular complexity index is 1070. The summed E-state index contributed by atoms with van der Waals surface area (Å²) >= 11 is 11.1. The Morgan fingerprint density at radius 3 is 1.02 bits per heavy atom. The predicted octanol–water partition coefficient (Wildman–Crippen LogP) is 7.52. The first-order chi connectivity index (χ1) is 29.5. The number of unbranched alkanes of at least 4 members (excludes halogenated alkanes) is 26. The first-order valence-electron chi connectivity index (χ1n) is 24.9. The molecule has 0 fully saturated rings. The van der Waals surface area contributed by atoms with Crippen LogP contribution in [0, 0.1) is 0 Å². The molecule has 0 spiro atoms. The summed E-state index contributed by atoms with van der Waals surface area (Å²) in [6.07, 6.45) is 38.4. The number of carboxylic acids is 1. The summed E-state index contributed by atoms with van der Waals surface area (Å²) < 4.78 is 1.47. The molecule has 0 aliphatic rings. The quantitative estimate of drug-likeness (QED) is 0.0260. The number of benzene rings is 1. The summed E-state index contributed by atoms with van der Waals surface area (Å²) in [6, 6.07) is 4.00. The largest absolute Gasteiger partial charge is 1.00 e. The molecule has 9 nitrogen and oxygen atoms in total. The average molecular weight is 1040 g/mol. The molecule has 0 aliphatic carbocycles. The van der Waals surface area contributed by atoms with Crippen LogP contribution in [-0.2, 0) is 0 Å². The highest BCUT2D eigenvalue weighted by Gasteiger charge is 2.25. The summed E-state index contributed by atoms with van der Waals surface area (Å²) in [5.41, 5.74) is 0.0272. The molecule has 5 N–H and O–H groups in total. The number of carbonyl (C=O) groups excluding carboxylic acids is 1. The van der Waals surface area contributed by atoms with Crippen molar-refractivity contribution < 1.29 is 68.4 Å². The van der Waals surface area contributed by atoms with Gasteiger partial charge in [0.2, 0.25) is 0 Å². The molecule has 0 unspecified atom stereocenters. The van der Waals surface area contributed by atoms with Gasteiger partial charge >= 0.3 is 0 Å². The summed E-state index contributed by atoms with van der Waals surface area (Å²) in [5.74, 6) is -1.26. The van der Waals surface area contributed by atoms with Gasteiger partial charge in [0.05, 0.1) is 69.2 Å². The molecule has 0 atom stereocenters. The molecule has 0 bridgehead atoms. The van der Waals surface area contributed by atoms with Gasteiger partial charge in [-0.2, -0.15) is 0 Å². The normalized spacial score (nSPS) is 11.4. The molecule has 0 radical (unpaired) electrons. The van der Waals surface area contributed by atoms with E-state index in [1.807, 2.05) is 0 Å². The fraction of sp³-hybridized carbons (Fsp3) is 0.860. The molecule has 0 saturated carbocycles. The maximum atomic E-state index is 10.3. The van der Waals surface area contributed by atoms with Crippen LogP contribution >= 0.6 is 23.2 Å². The SMILES string of the molecule is CCCCCCCCCCCCCCCC[N+](C)(CCO)CCO.CCCCCCCCCCCCCCCC[N+](CCO)(CCO)CCO.O=C([O-])c1ccc(Cl)c(Cl)c1.[I-]. The van der Waals surface area contributed by atoms with Gasteiger partial charge in [-0.05, 0) is 43.4 Å². The van der Waals surface area contributed by atoms with Crippen molar-refractivity contribution in [2.45, 2.75) is 194 Å². The number of carbonyl (C=O) groups is 1. The molecule has 370 valence electrons. The minimum atomic E-state index is -1.26. The number of aliphatic hydroxyl groups excluding tert-OH is 5. The molecule has 0 heterocycles. The topological polar surface area (TPSA) is 141 Å². The van der Waals surface area contributed by atoms with E-state index in [9.17, 15) is 25.2 Å². The van der Waals surface area contributed by atoms with E-state index < -0.39 is 5.97 Å². The van der Waals surface area contributed by atoms with Gasteiger partial charge in [0.25, 0.3) is 0 Å². The van der Waals surface area contributed by atoms with Gasteiger partial charge in [0.1, 0.15) is 32.7 Å². The first-order valence-corrected chi connectivity index (χ1v) is 25.7. The highest BCUT2D eigenvalue weighted by molar-refractivity contribution is 6.42. The zero-order chi connectivity index (χ0) is 45.7. The van der Waals surface area contributed by atoms with Crippen molar-refractivity contribution in [1.82, 2.24) is 0 Å². The van der Waals surface area contributed by atoms with Gasteiger partial charge in [0, 0.05) is 0 Å². The van der Waals surface area contributed by atoms with Crippen LogP contribution < -0.4 is 29.1 Å². The van der Waals surface area contributed by atoms with Gasteiger partial charge in [-0.15, -0.1) is 0 Å². The number of quaternary nitrogens is 2. The molecule has 0 saturated heterocycles. The number of nitrogens with zero attached hydrogens (tertiary/aromatic N) is 2. The third-order valence-corrected chi connectivity index (χ3v) is 12.9. The number of hydrogen-bond donors (Lipinski definition) is 5. The molecule has 1 rings (SSSR count). The highest BCUT2D eigenvalue weighted by Crippen LogP contribution is 2.22. The molecule has 1 aromatic carbocycles. The number of aromatic carboxylic acids is 1. The van der Waals surface area contributed by atoms with E-state index in [1.165, 1.54) is 192 Å². The lowest BCUT2D eigenvalue weighted by Gasteiger charge is -2.37. The molecule has 0 amide bonds. The first kappa shape index (κ1) is 66.0. The van der Waals surface area contributed by atoms with Crippen molar-refractivity contribution in [3.05, 3.63) is 33.8 Å². The third-order valence-electron chi connectivity index (χ3n) is 12.2. The van der Waals surface area contributed by atoms with Crippen molar-refractivity contribution in [2.24, 2.45) is 0 Å². The van der Waals surface area contributed by atoms with Crippen LogP contribution in [-0.4, -0.2) is 126 Å². The van der Waals surface area contributed by atoms with Crippen LogP contribution in [0.15, 0.2) is 18.2 Å². The van der Waals surface area contributed by atoms with Crippen molar-refractivity contribution in [3.63, 3.8) is 0 Å². The lowest BCUT2D eigenvalue weighted by atomic mass is 10.0. The monoisotopic (exact) mass is 1030 g/mol. The zero-order valence-corrected chi connectivity index (χ0v) is 43.8. The standard InChI is InChI=1S/C22H48NO3.C21H46NO2.C7H4Cl2O2.HI/c1-2-3-4-5-6-7-8-9-10-11-12-13-14-15-16-23(17-20-24,18-21-25)19-22-26;1-3-4-5-6-7-8-9-10-11-12-13-14-15-16-17-22(2,18-20-23)19-21-24;8-5-2-1-4(7(10)11)3-6(5)9;/h24-26H,2-22H2,1H3;23-24H,3-21H2,1-2H3;1-3H,(H,10,11);1H/q2*+1;;/p-2. The fourth-order valence-corrected chi connectivity index (χ4v) is 8.38. The van der Waals surface area contributed by atoms with E-state index >= 15 is 0 Å². The van der Waals surface area contributed by atoms with Crippen LogP contribution in [0.25, 0.3) is 0 Å². The minimum absolute atomic E-state index is 0. The highest BCUT2D eigenvalue weighted by atomic mass is 127. The molecule has 12 heteroatoms. The predicted molar refractivity (Wildman–Crippen MR) is 257 cm³/mol. The van der Waals surface area contributed by atoms with E-state index in [-0.39, 0.29) is 67.6 Å². The van der Waals surface area contributed by atoms with Crippen LogP contribution in [0.1, 0.15) is 204 Å². The number of halogens is 3. The molecular formula is C50H97Cl2IN2O7. The zero-order valence-electron chi connectivity index (χ0n) is 40.1. The van der Waals surface area contributed by atoms with Crippen LogP contribution in [0.4, 0.5) is 0 Å². The van der Waals surface area contributed by atoms with Crippen LogP contribution in [0.3, 0.4) is 0 Å². The second-order valence-corrected chi connectivity index (χ2v) is 18.6. The summed E-state index contributed by atoms with van der Waals surface area (Å²) in [7, 11) is 2.15. The summed E-state index contributed by atoms with van der Waals surface area (Å²) in [6.45, 7) is 10.8. The Balaban J connectivity index is -0.000000894. The summed E-state index contributed by atoms with van der Waals surface area (Å²) in [4.78, 5) is 10.3. The van der Waals surface area contributed by atoms with E-state index in [1.54, 1.807) is 0 Å². The Hall–Kier alpha value is -0.280. The number of hydrogen-bond acceptors (Lipinski definition) is 7. The van der Waals surface area contributed by atoms with Crippen LogP contribution in [0.2, 0.25) is 10.0 Å². The van der Waals surface area contributed by atoms with Gasteiger partial charge in [-0.3, -0.25) is 0 Å². The van der Waals surface area contributed by atoms with Crippen molar-refractivity contribution in [2.75, 3.05) is 85.9 Å². The number of rotatable bonds is 41. The van der Waals surface area contributed by atoms with Gasteiger partial charge < -0.3 is 68.4 Å². The number of likely N-dealkylation sites (N-methyl/N-ethyl adjacent to an activating group) is 1. The van der Waals surface area contributed by atoms with E-state index in [4.69, 9.17) is 33.4 Å². The second-order valence-electron chi connectivity index (χ2n) is 17.8. The third kappa shape index (κ3) is 41.2. The van der Waals surface area contributed by atoms with Gasteiger partial charge in [-0.1, -0.05) is 197 Å². The lowest BCUT2D eigenvalue weighted by Crippen LogP contribution is -3.00. The maximum absolute atomic E-state index is 10.3. The average Bonchev–Trinajstić information content (AvgIpc) is 3.23. The molecule has 62 heavy (non-hydrogen) atoms. The molecular weight excluding hydrogens is 938 g/mol. The van der Waals surface area contributed by atoms with Crippen molar-refractivity contribution >= 4 is 29.2 Å². The number of carboxylic acid groups (broad SMARTS) is 1. The fourth-order valence-electron chi connectivity index (χ4n) is 8.08. The summed E-state index contributed by atoms with van der Waals surface area (Å²) in [5, 5.41) is 57.0. The van der Waals surface area contributed by atoms with E-state index in [0.717, 1.165) is 37.1 Å². The Kier molecular flexibility index (Phi) is 51.8. The van der Waals surface area contributed by atoms with Gasteiger partial charge in [-0.25, -0.2) is 0 Å². The van der Waals surface area contributed by atoms with Crippen LogP contribution in [0.5, 0.6) is 0 Å². The Labute approximate surface area is 408 Å². The Morgan fingerprint density at radius 2 is 0.742 bits per heavy atom. The molecule has 0 aliphatic heterocycles. The molecule has 0 aromatic heterocycles. The maximum Gasteiger partial charge on any atom is 0.102 e. The van der Waals surface area contributed by atoms with E-state index in [0.29, 0.717) is 29.1 Å². The smallest absolute Gasteiger partial charge is 0.102 e. The Morgan fingerprint density at radius 1 is 0.452 bits per heavy atom. The minimum Gasteiger partial charge on any atom is -1.00 e. The van der Waals surface area contributed by atoms with Crippen molar-refractivity contribution in [3.8, 4) is 0 Å². The number of aliphatic hydroxyl groups is 5. The van der Waals surface area contributed by atoms with Crippen molar-refractivity contribution in [1.29, 1.82) is 0 Å². The van der Waals surface area contributed by atoms with Gasteiger partial charge in [0.15, 0.2) is 0 Å². The lowest BCUT2D eigenvalue weighted by molar-refractivity contribution is -0.929. The second kappa shape index (κ2) is 48.6.